The van der Waals surface area contributed by atoms with Gasteiger partial charge in [0.1, 0.15) is 5.76 Å². The fraction of sp³-hybridized carbons (Fsp3) is 0.471. The summed E-state index contributed by atoms with van der Waals surface area (Å²) in [6.07, 6.45) is 6.74. The molecule has 1 aliphatic heterocycles. The predicted molar refractivity (Wildman–Crippen MR) is 85.5 cm³/mol. The Labute approximate surface area is 135 Å². The van der Waals surface area contributed by atoms with Crippen LogP contribution in [0.1, 0.15) is 48.9 Å². The number of amides is 1. The second-order valence-corrected chi connectivity index (χ2v) is 5.98. The van der Waals surface area contributed by atoms with Gasteiger partial charge in [0.15, 0.2) is 12.1 Å². The zero-order chi connectivity index (χ0) is 16.2. The van der Waals surface area contributed by atoms with Crippen LogP contribution in [-0.4, -0.2) is 35.1 Å². The van der Waals surface area contributed by atoms with Gasteiger partial charge in [0, 0.05) is 30.6 Å². The molecule has 0 unspecified atom stereocenters. The van der Waals surface area contributed by atoms with Crippen LogP contribution < -0.4 is 4.90 Å². The topological polar surface area (TPSA) is 68.5 Å². The summed E-state index contributed by atoms with van der Waals surface area (Å²) < 4.78 is 11.1. The summed E-state index contributed by atoms with van der Waals surface area (Å²) in [6, 6.07) is 3.64. The van der Waals surface area contributed by atoms with Crippen molar-refractivity contribution in [3.8, 4) is 0 Å². The molecule has 23 heavy (non-hydrogen) atoms. The highest BCUT2D eigenvalue weighted by atomic mass is 16.5. The molecule has 1 amide bonds. The lowest BCUT2D eigenvalue weighted by molar-refractivity contribution is 0.0912. The van der Waals surface area contributed by atoms with Crippen molar-refractivity contribution in [2.75, 3.05) is 18.1 Å². The van der Waals surface area contributed by atoms with E-state index in [4.69, 9.17) is 9.15 Å². The summed E-state index contributed by atoms with van der Waals surface area (Å²) in [7, 11) is 0. The number of rotatable bonds is 5. The normalized spacial score (nSPS) is 17.6. The zero-order valence-electron chi connectivity index (χ0n) is 13.4. The Morgan fingerprint density at radius 2 is 2.17 bits per heavy atom. The number of anilines is 1. The van der Waals surface area contributed by atoms with E-state index < -0.39 is 0 Å². The van der Waals surface area contributed by atoms with Crippen LogP contribution in [0.3, 0.4) is 0 Å². The number of ether oxygens (including phenoxy) is 1. The van der Waals surface area contributed by atoms with Crippen LogP contribution in [-0.2, 0) is 4.74 Å². The number of hydrogen-bond acceptors (Lipinski definition) is 5. The first-order valence-electron chi connectivity index (χ1n) is 7.93. The first-order chi connectivity index (χ1) is 11.2. The first-order valence-corrected chi connectivity index (χ1v) is 7.93. The minimum absolute atomic E-state index is 0.0570. The summed E-state index contributed by atoms with van der Waals surface area (Å²) in [5, 5.41) is 0. The molecule has 0 aromatic carbocycles. The van der Waals surface area contributed by atoms with E-state index in [2.05, 4.69) is 9.97 Å². The van der Waals surface area contributed by atoms with Gasteiger partial charge in [-0.2, -0.15) is 0 Å². The van der Waals surface area contributed by atoms with E-state index in [-0.39, 0.29) is 17.9 Å². The molecule has 2 aromatic rings. The SMILES string of the molecule is CC(C)c1ocnc1C(=O)N(C[C@H]1CCCO1)c1ccncc1. The van der Waals surface area contributed by atoms with E-state index in [1.165, 1.54) is 6.39 Å². The molecular formula is C17H21N3O3. The van der Waals surface area contributed by atoms with Crippen LogP contribution in [0.15, 0.2) is 35.3 Å². The molecule has 6 heteroatoms. The fourth-order valence-electron chi connectivity index (χ4n) is 2.77. The molecule has 1 fully saturated rings. The maximum Gasteiger partial charge on any atom is 0.280 e. The highest BCUT2D eigenvalue weighted by Gasteiger charge is 2.28. The smallest absolute Gasteiger partial charge is 0.280 e. The van der Waals surface area contributed by atoms with Crippen molar-refractivity contribution < 1.29 is 13.9 Å². The van der Waals surface area contributed by atoms with E-state index in [0.717, 1.165) is 25.1 Å². The van der Waals surface area contributed by atoms with E-state index >= 15 is 0 Å². The van der Waals surface area contributed by atoms with E-state index in [1.54, 1.807) is 17.3 Å². The van der Waals surface area contributed by atoms with Crippen molar-refractivity contribution in [2.45, 2.75) is 38.7 Å². The van der Waals surface area contributed by atoms with Gasteiger partial charge in [-0.25, -0.2) is 4.98 Å². The lowest BCUT2D eigenvalue weighted by atomic mass is 10.1. The quantitative estimate of drug-likeness (QED) is 0.848. The number of hydrogen-bond donors (Lipinski definition) is 0. The number of pyridine rings is 1. The van der Waals surface area contributed by atoms with E-state index in [9.17, 15) is 4.79 Å². The summed E-state index contributed by atoms with van der Waals surface area (Å²) >= 11 is 0. The van der Waals surface area contributed by atoms with Crippen LogP contribution in [0.4, 0.5) is 5.69 Å². The van der Waals surface area contributed by atoms with Gasteiger partial charge in [-0.3, -0.25) is 9.78 Å². The van der Waals surface area contributed by atoms with Gasteiger partial charge in [0.2, 0.25) is 0 Å². The van der Waals surface area contributed by atoms with Gasteiger partial charge in [-0.05, 0) is 25.0 Å². The van der Waals surface area contributed by atoms with Crippen molar-refractivity contribution in [1.29, 1.82) is 0 Å². The molecule has 3 heterocycles. The van der Waals surface area contributed by atoms with Crippen LogP contribution in [0.5, 0.6) is 0 Å². The second-order valence-electron chi connectivity index (χ2n) is 5.98. The van der Waals surface area contributed by atoms with Crippen molar-refractivity contribution >= 4 is 11.6 Å². The predicted octanol–water partition coefficient (Wildman–Crippen LogP) is 3.02. The summed E-state index contributed by atoms with van der Waals surface area (Å²) in [5.74, 6) is 0.545. The molecule has 1 saturated heterocycles. The average Bonchev–Trinajstić information content (AvgIpc) is 3.24. The first kappa shape index (κ1) is 15.7. The van der Waals surface area contributed by atoms with E-state index in [1.807, 2.05) is 26.0 Å². The second kappa shape index (κ2) is 6.91. The molecule has 0 saturated carbocycles. The Bertz CT molecular complexity index is 648. The van der Waals surface area contributed by atoms with Gasteiger partial charge in [-0.1, -0.05) is 13.8 Å². The zero-order valence-corrected chi connectivity index (χ0v) is 13.4. The molecule has 2 aromatic heterocycles. The number of carbonyl (C=O) groups is 1. The molecule has 0 radical (unpaired) electrons. The maximum atomic E-state index is 13.0. The van der Waals surface area contributed by atoms with Gasteiger partial charge in [-0.15, -0.1) is 0 Å². The lowest BCUT2D eigenvalue weighted by Gasteiger charge is -2.25. The third kappa shape index (κ3) is 3.42. The number of aromatic nitrogens is 2. The highest BCUT2D eigenvalue weighted by Crippen LogP contribution is 2.24. The molecule has 1 atom stereocenters. The molecule has 1 aliphatic rings. The largest absolute Gasteiger partial charge is 0.447 e. The molecule has 6 nitrogen and oxygen atoms in total. The fourth-order valence-corrected chi connectivity index (χ4v) is 2.77. The van der Waals surface area contributed by atoms with Gasteiger partial charge < -0.3 is 14.1 Å². The van der Waals surface area contributed by atoms with Crippen molar-refractivity contribution in [3.63, 3.8) is 0 Å². The molecule has 0 aliphatic carbocycles. The van der Waals surface area contributed by atoms with Crippen molar-refractivity contribution in [3.05, 3.63) is 42.4 Å². The number of carbonyl (C=O) groups excluding carboxylic acids is 1. The standard InChI is InChI=1S/C17H21N3O3/c1-12(2)16-15(19-11-23-16)17(21)20(10-14-4-3-9-22-14)13-5-7-18-8-6-13/h5-8,11-12,14H,3-4,9-10H2,1-2H3/t14-/m1/s1. The Morgan fingerprint density at radius 3 is 2.83 bits per heavy atom. The lowest BCUT2D eigenvalue weighted by Crippen LogP contribution is -2.38. The Hall–Kier alpha value is -2.21. The van der Waals surface area contributed by atoms with Crippen molar-refractivity contribution in [2.24, 2.45) is 0 Å². The third-order valence-corrected chi connectivity index (χ3v) is 3.95. The van der Waals surface area contributed by atoms with Crippen LogP contribution in [0, 0.1) is 0 Å². The summed E-state index contributed by atoms with van der Waals surface area (Å²) in [4.78, 5) is 22.9. The van der Waals surface area contributed by atoms with Crippen LogP contribution in [0.25, 0.3) is 0 Å². The number of nitrogens with zero attached hydrogens (tertiary/aromatic N) is 3. The van der Waals surface area contributed by atoms with Gasteiger partial charge in [0.25, 0.3) is 5.91 Å². The van der Waals surface area contributed by atoms with Gasteiger partial charge in [0.05, 0.1) is 12.6 Å². The third-order valence-electron chi connectivity index (χ3n) is 3.95. The Kier molecular flexibility index (Phi) is 4.71. The summed E-state index contributed by atoms with van der Waals surface area (Å²) in [5.41, 5.74) is 1.16. The van der Waals surface area contributed by atoms with Gasteiger partial charge >= 0.3 is 0 Å². The number of oxazole rings is 1. The molecule has 0 bridgehead atoms. The highest BCUT2D eigenvalue weighted by molar-refractivity contribution is 6.05. The molecule has 0 spiro atoms. The Balaban J connectivity index is 1.90. The molecular weight excluding hydrogens is 294 g/mol. The molecule has 3 rings (SSSR count). The Morgan fingerprint density at radius 1 is 1.39 bits per heavy atom. The monoisotopic (exact) mass is 315 g/mol. The minimum atomic E-state index is -0.163. The minimum Gasteiger partial charge on any atom is -0.447 e. The molecule has 0 N–H and O–H groups in total. The van der Waals surface area contributed by atoms with Crippen LogP contribution >= 0.6 is 0 Å². The van der Waals surface area contributed by atoms with E-state index in [0.29, 0.717) is 18.0 Å². The average molecular weight is 315 g/mol. The molecule has 122 valence electrons. The summed E-state index contributed by atoms with van der Waals surface area (Å²) in [6.45, 7) is 5.22. The maximum absolute atomic E-state index is 13.0. The van der Waals surface area contributed by atoms with Crippen molar-refractivity contribution in [1.82, 2.24) is 9.97 Å². The van der Waals surface area contributed by atoms with Crippen LogP contribution in [0.2, 0.25) is 0 Å².